The molecule has 3 heteroatoms. The zero-order valence-electron chi connectivity index (χ0n) is 4.15. The molecule has 0 amide bonds. The Hall–Kier alpha value is 0.210. The summed E-state index contributed by atoms with van der Waals surface area (Å²) < 4.78 is 1.80. The second-order valence-electron chi connectivity index (χ2n) is 1.66. The van der Waals surface area contributed by atoms with E-state index in [2.05, 4.69) is 5.32 Å². The van der Waals surface area contributed by atoms with E-state index in [1.165, 1.54) is 0 Å². The van der Waals surface area contributed by atoms with Crippen LogP contribution in [0.25, 0.3) is 0 Å². The van der Waals surface area contributed by atoms with Crippen molar-refractivity contribution in [2.75, 3.05) is 26.2 Å². The number of piperazine rings is 1. The minimum absolute atomic E-state index is 0.974. The molecule has 2 nitrogen and oxygen atoms in total. The normalized spacial score (nSPS) is 25.3. The van der Waals surface area contributed by atoms with Crippen LogP contribution >= 0.6 is 11.8 Å². The van der Waals surface area contributed by atoms with Gasteiger partial charge >= 0.3 is 0 Å². The van der Waals surface area contributed by atoms with Crippen LogP contribution in [0, 0.1) is 0 Å². The van der Waals surface area contributed by atoms with Gasteiger partial charge in [0.1, 0.15) is 0 Å². The SMILES string of the molecule is ClN1CCNCC1. The Balaban J connectivity index is 2.12. The molecule has 1 heterocycles. The van der Waals surface area contributed by atoms with Crippen molar-refractivity contribution in [3.63, 3.8) is 0 Å². The summed E-state index contributed by atoms with van der Waals surface area (Å²) in [4.78, 5) is 0. The number of halogens is 1. The van der Waals surface area contributed by atoms with Crippen molar-refractivity contribution in [3.05, 3.63) is 0 Å². The maximum atomic E-state index is 5.61. The molecule has 0 radical (unpaired) electrons. The molecule has 1 saturated heterocycles. The van der Waals surface area contributed by atoms with Crippen molar-refractivity contribution in [3.8, 4) is 0 Å². The second kappa shape index (κ2) is 2.50. The van der Waals surface area contributed by atoms with Gasteiger partial charge in [-0.25, -0.2) is 4.42 Å². The van der Waals surface area contributed by atoms with E-state index >= 15 is 0 Å². The lowest BCUT2D eigenvalue weighted by atomic mass is 10.4. The first-order valence-electron chi connectivity index (χ1n) is 2.51. The fraction of sp³-hybridized carbons (Fsp3) is 1.00. The van der Waals surface area contributed by atoms with E-state index < -0.39 is 0 Å². The quantitative estimate of drug-likeness (QED) is 0.455. The fourth-order valence-corrected chi connectivity index (χ4v) is 0.807. The molecule has 42 valence electrons. The summed E-state index contributed by atoms with van der Waals surface area (Å²) in [6.07, 6.45) is 0. The zero-order valence-corrected chi connectivity index (χ0v) is 4.91. The topological polar surface area (TPSA) is 15.3 Å². The first-order chi connectivity index (χ1) is 3.39. The molecule has 1 aliphatic heterocycles. The molecule has 0 aromatic carbocycles. The van der Waals surface area contributed by atoms with Crippen LogP contribution < -0.4 is 5.32 Å². The molecule has 0 aliphatic carbocycles. The van der Waals surface area contributed by atoms with Crippen LogP contribution in [0.3, 0.4) is 0 Å². The van der Waals surface area contributed by atoms with Gasteiger partial charge in [-0.05, 0) is 11.8 Å². The summed E-state index contributed by atoms with van der Waals surface area (Å²) in [6, 6.07) is 0. The van der Waals surface area contributed by atoms with Gasteiger partial charge in [0.2, 0.25) is 0 Å². The maximum absolute atomic E-state index is 5.61. The molecule has 1 fully saturated rings. The van der Waals surface area contributed by atoms with Gasteiger partial charge in [0.25, 0.3) is 0 Å². The van der Waals surface area contributed by atoms with Crippen LogP contribution in [-0.2, 0) is 0 Å². The molecular formula is C4H9ClN2. The van der Waals surface area contributed by atoms with Gasteiger partial charge in [0.05, 0.1) is 0 Å². The molecule has 0 aromatic heterocycles. The zero-order chi connectivity index (χ0) is 5.11. The number of nitrogens with one attached hydrogen (secondary N) is 1. The highest BCUT2D eigenvalue weighted by atomic mass is 35.5. The summed E-state index contributed by atoms with van der Waals surface area (Å²) in [5, 5.41) is 3.19. The van der Waals surface area contributed by atoms with Crippen LogP contribution in [0.5, 0.6) is 0 Å². The first-order valence-corrected chi connectivity index (χ1v) is 2.85. The summed E-state index contributed by atoms with van der Waals surface area (Å²) in [7, 11) is 0. The smallest absolute Gasteiger partial charge is 0.0264 e. The third-order valence-corrected chi connectivity index (χ3v) is 1.40. The van der Waals surface area contributed by atoms with E-state index in [-0.39, 0.29) is 0 Å². The molecule has 1 rings (SSSR count). The van der Waals surface area contributed by atoms with Gasteiger partial charge in [-0.15, -0.1) is 0 Å². The Morgan fingerprint density at radius 1 is 1.29 bits per heavy atom. The van der Waals surface area contributed by atoms with E-state index in [9.17, 15) is 0 Å². The van der Waals surface area contributed by atoms with Crippen LogP contribution in [0.4, 0.5) is 0 Å². The van der Waals surface area contributed by atoms with Gasteiger partial charge in [0.15, 0.2) is 0 Å². The molecule has 7 heavy (non-hydrogen) atoms. The van der Waals surface area contributed by atoms with Crippen molar-refractivity contribution in [1.29, 1.82) is 0 Å². The highest BCUT2D eigenvalue weighted by Gasteiger charge is 2.03. The lowest BCUT2D eigenvalue weighted by molar-refractivity contribution is 0.384. The molecular weight excluding hydrogens is 112 g/mol. The van der Waals surface area contributed by atoms with Gasteiger partial charge in [0, 0.05) is 26.2 Å². The Bertz CT molecular complexity index is 51.7. The summed E-state index contributed by atoms with van der Waals surface area (Å²) in [5.74, 6) is 0. The monoisotopic (exact) mass is 120 g/mol. The fourth-order valence-electron chi connectivity index (χ4n) is 0.638. The van der Waals surface area contributed by atoms with Gasteiger partial charge in [-0.3, -0.25) is 0 Å². The predicted octanol–water partition coefficient (Wildman–Crippen LogP) is 0.0454. The number of nitrogens with zero attached hydrogens (tertiary/aromatic N) is 1. The molecule has 0 aromatic rings. The minimum atomic E-state index is 0.974. The molecule has 0 atom stereocenters. The minimum Gasteiger partial charge on any atom is -0.314 e. The van der Waals surface area contributed by atoms with E-state index in [1.54, 1.807) is 4.42 Å². The number of hydrogen-bond acceptors (Lipinski definition) is 2. The summed E-state index contributed by atoms with van der Waals surface area (Å²) in [5.41, 5.74) is 0. The molecule has 1 N–H and O–H groups in total. The third-order valence-electron chi connectivity index (χ3n) is 1.06. The third kappa shape index (κ3) is 1.63. The molecule has 0 bridgehead atoms. The Morgan fingerprint density at radius 3 is 2.14 bits per heavy atom. The Morgan fingerprint density at radius 2 is 1.86 bits per heavy atom. The molecule has 0 spiro atoms. The molecule has 1 aliphatic rings. The van der Waals surface area contributed by atoms with Gasteiger partial charge in [-0.1, -0.05) is 0 Å². The summed E-state index contributed by atoms with van der Waals surface area (Å²) in [6.45, 7) is 4.01. The van der Waals surface area contributed by atoms with Crippen LogP contribution in [-0.4, -0.2) is 30.6 Å². The average molecular weight is 121 g/mol. The standard InChI is InChI=1S/C4H9ClN2/c5-7-3-1-6-2-4-7/h6H,1-4H2. The Kier molecular flexibility index (Phi) is 1.91. The number of rotatable bonds is 0. The lowest BCUT2D eigenvalue weighted by Crippen LogP contribution is -2.38. The van der Waals surface area contributed by atoms with E-state index in [0.717, 1.165) is 26.2 Å². The largest absolute Gasteiger partial charge is 0.314 e. The van der Waals surface area contributed by atoms with Crippen molar-refractivity contribution in [2.24, 2.45) is 0 Å². The van der Waals surface area contributed by atoms with E-state index in [0.29, 0.717) is 0 Å². The molecule has 0 saturated carbocycles. The van der Waals surface area contributed by atoms with Gasteiger partial charge < -0.3 is 5.32 Å². The first kappa shape index (κ1) is 5.35. The Labute approximate surface area is 48.6 Å². The van der Waals surface area contributed by atoms with Crippen LogP contribution in [0.1, 0.15) is 0 Å². The van der Waals surface area contributed by atoms with Crippen molar-refractivity contribution in [1.82, 2.24) is 9.74 Å². The lowest BCUT2D eigenvalue weighted by Gasteiger charge is -2.19. The number of hydrogen-bond donors (Lipinski definition) is 1. The second-order valence-corrected chi connectivity index (χ2v) is 2.14. The predicted molar refractivity (Wildman–Crippen MR) is 30.3 cm³/mol. The van der Waals surface area contributed by atoms with E-state index in [1.807, 2.05) is 0 Å². The van der Waals surface area contributed by atoms with Crippen molar-refractivity contribution < 1.29 is 0 Å². The van der Waals surface area contributed by atoms with Gasteiger partial charge in [-0.2, -0.15) is 0 Å². The maximum Gasteiger partial charge on any atom is 0.0264 e. The highest BCUT2D eigenvalue weighted by Crippen LogP contribution is 1.93. The highest BCUT2D eigenvalue weighted by molar-refractivity contribution is 6.13. The average Bonchev–Trinajstić information content (AvgIpc) is 1.69. The van der Waals surface area contributed by atoms with Crippen molar-refractivity contribution in [2.45, 2.75) is 0 Å². The van der Waals surface area contributed by atoms with Crippen LogP contribution in [0.15, 0.2) is 0 Å². The summed E-state index contributed by atoms with van der Waals surface area (Å²) >= 11 is 5.61. The van der Waals surface area contributed by atoms with Crippen molar-refractivity contribution >= 4 is 11.8 Å². The van der Waals surface area contributed by atoms with E-state index in [4.69, 9.17) is 11.8 Å². The molecule has 0 unspecified atom stereocenters. The van der Waals surface area contributed by atoms with Crippen LogP contribution in [0.2, 0.25) is 0 Å².